The van der Waals surface area contributed by atoms with E-state index in [1.54, 1.807) is 36.4 Å². The monoisotopic (exact) mass is 428 g/mol. The Morgan fingerprint density at radius 1 is 0.815 bits per heavy atom. The molecular formula is C21H18BrFN2O2. The minimum atomic E-state index is -0.375. The molecule has 4 nitrogen and oxygen atoms in total. The van der Waals surface area contributed by atoms with Crippen LogP contribution in [0.4, 0.5) is 10.1 Å². The molecule has 0 bridgehead atoms. The highest BCUT2D eigenvalue weighted by Crippen LogP contribution is 2.36. The number of benzene rings is 2. The summed E-state index contributed by atoms with van der Waals surface area (Å²) in [5.41, 5.74) is 1.87. The number of imide groups is 1. The molecule has 4 rings (SSSR count). The summed E-state index contributed by atoms with van der Waals surface area (Å²) in [6.07, 6.45) is 3.09. The van der Waals surface area contributed by atoms with Gasteiger partial charge in [-0.2, -0.15) is 0 Å². The van der Waals surface area contributed by atoms with Crippen molar-refractivity contribution in [3.8, 4) is 0 Å². The van der Waals surface area contributed by atoms with Crippen molar-refractivity contribution >= 4 is 39.0 Å². The van der Waals surface area contributed by atoms with Crippen LogP contribution in [0.5, 0.6) is 0 Å². The van der Waals surface area contributed by atoms with Gasteiger partial charge in [0, 0.05) is 17.6 Å². The maximum atomic E-state index is 13.4. The second-order valence-electron chi connectivity index (χ2n) is 6.70. The Bertz CT molecular complexity index is 916. The molecule has 138 valence electrons. The molecule has 1 saturated heterocycles. The van der Waals surface area contributed by atoms with Crippen LogP contribution in [0.15, 0.2) is 58.7 Å². The van der Waals surface area contributed by atoms with Gasteiger partial charge in [-0.3, -0.25) is 9.59 Å². The predicted molar refractivity (Wildman–Crippen MR) is 105 cm³/mol. The van der Waals surface area contributed by atoms with E-state index in [9.17, 15) is 14.0 Å². The maximum Gasteiger partial charge on any atom is 0.282 e. The van der Waals surface area contributed by atoms with Gasteiger partial charge in [-0.1, -0.05) is 28.1 Å². The number of piperidine rings is 1. The number of likely N-dealkylation sites (tertiary alicyclic amines) is 1. The van der Waals surface area contributed by atoms with Crippen LogP contribution in [0.1, 0.15) is 24.8 Å². The molecule has 2 amide bonds. The first-order valence-electron chi connectivity index (χ1n) is 8.96. The van der Waals surface area contributed by atoms with E-state index in [-0.39, 0.29) is 17.6 Å². The zero-order valence-electron chi connectivity index (χ0n) is 14.6. The van der Waals surface area contributed by atoms with Gasteiger partial charge in [0.2, 0.25) is 0 Å². The number of carbonyl (C=O) groups excluding carboxylic acids is 2. The Hall–Kier alpha value is -2.47. The molecule has 0 spiro atoms. The van der Waals surface area contributed by atoms with Gasteiger partial charge in [-0.05, 0) is 61.2 Å². The molecule has 0 radical (unpaired) electrons. The van der Waals surface area contributed by atoms with Crippen LogP contribution in [0.25, 0.3) is 5.57 Å². The lowest BCUT2D eigenvalue weighted by Gasteiger charge is -2.29. The van der Waals surface area contributed by atoms with Gasteiger partial charge in [0.1, 0.15) is 11.5 Å². The number of amides is 2. The Morgan fingerprint density at radius 2 is 1.44 bits per heavy atom. The summed E-state index contributed by atoms with van der Waals surface area (Å²) in [6, 6.07) is 12.8. The van der Waals surface area contributed by atoms with Crippen molar-refractivity contribution in [3.05, 3.63) is 70.1 Å². The molecule has 2 aliphatic heterocycles. The maximum absolute atomic E-state index is 13.4. The lowest BCUT2D eigenvalue weighted by molar-refractivity contribution is -0.120. The van der Waals surface area contributed by atoms with E-state index in [2.05, 4.69) is 15.9 Å². The average Bonchev–Trinajstić information content (AvgIpc) is 2.94. The van der Waals surface area contributed by atoms with Gasteiger partial charge >= 0.3 is 0 Å². The van der Waals surface area contributed by atoms with Crippen molar-refractivity contribution in [2.75, 3.05) is 18.0 Å². The highest BCUT2D eigenvalue weighted by atomic mass is 79.9. The standard InChI is InChI=1S/C21H18BrFN2O2/c22-15-6-10-17(11-7-15)25-20(26)18(14-4-8-16(23)9-5-14)19(21(25)27)24-12-2-1-3-13-24/h4-11H,1-3,12-13H2. The van der Waals surface area contributed by atoms with Gasteiger partial charge in [0.05, 0.1) is 11.3 Å². The fourth-order valence-corrected chi connectivity index (χ4v) is 3.89. The normalized spacial score (nSPS) is 17.9. The Balaban J connectivity index is 1.81. The SMILES string of the molecule is O=C1C(c2ccc(F)cc2)=C(N2CCCCC2)C(=O)N1c1ccc(Br)cc1. The number of nitrogens with zero attached hydrogens (tertiary/aromatic N) is 2. The molecule has 2 heterocycles. The highest BCUT2D eigenvalue weighted by molar-refractivity contribution is 9.10. The Morgan fingerprint density at radius 3 is 2.07 bits per heavy atom. The molecule has 0 aliphatic carbocycles. The molecule has 0 N–H and O–H groups in total. The van der Waals surface area contributed by atoms with Crippen molar-refractivity contribution in [1.29, 1.82) is 0 Å². The number of rotatable bonds is 3. The van der Waals surface area contributed by atoms with Crippen LogP contribution in [0.3, 0.4) is 0 Å². The van der Waals surface area contributed by atoms with Crippen LogP contribution in [0, 0.1) is 5.82 Å². The lowest BCUT2D eigenvalue weighted by atomic mass is 10.0. The fraction of sp³-hybridized carbons (Fsp3) is 0.238. The quantitative estimate of drug-likeness (QED) is 0.681. The van der Waals surface area contributed by atoms with Gasteiger partial charge in [-0.25, -0.2) is 9.29 Å². The minimum Gasteiger partial charge on any atom is -0.366 e. The molecule has 0 aromatic heterocycles. The van der Waals surface area contributed by atoms with Crippen LogP contribution in [-0.4, -0.2) is 29.8 Å². The van der Waals surface area contributed by atoms with Crippen molar-refractivity contribution in [2.24, 2.45) is 0 Å². The fourth-order valence-electron chi connectivity index (χ4n) is 3.63. The molecule has 0 atom stereocenters. The first-order chi connectivity index (χ1) is 13.1. The molecule has 2 aliphatic rings. The molecule has 27 heavy (non-hydrogen) atoms. The summed E-state index contributed by atoms with van der Waals surface area (Å²) in [5, 5.41) is 0. The lowest BCUT2D eigenvalue weighted by Crippen LogP contribution is -2.37. The van der Waals surface area contributed by atoms with Crippen LogP contribution >= 0.6 is 15.9 Å². The molecule has 2 aromatic rings. The summed E-state index contributed by atoms with van der Waals surface area (Å²) in [7, 11) is 0. The summed E-state index contributed by atoms with van der Waals surface area (Å²) in [4.78, 5) is 29.7. The first-order valence-corrected chi connectivity index (χ1v) is 9.75. The molecule has 0 unspecified atom stereocenters. The van der Waals surface area contributed by atoms with Gasteiger partial charge < -0.3 is 4.90 Å². The Kier molecular flexibility index (Phi) is 4.83. The number of hydrogen-bond acceptors (Lipinski definition) is 3. The van der Waals surface area contributed by atoms with Crippen LogP contribution < -0.4 is 4.90 Å². The summed E-state index contributed by atoms with van der Waals surface area (Å²) >= 11 is 3.37. The van der Waals surface area contributed by atoms with Crippen molar-refractivity contribution < 1.29 is 14.0 Å². The van der Waals surface area contributed by atoms with Crippen molar-refractivity contribution in [2.45, 2.75) is 19.3 Å². The van der Waals surface area contributed by atoms with Gasteiger partial charge in [-0.15, -0.1) is 0 Å². The molecule has 0 saturated carbocycles. The van der Waals surface area contributed by atoms with Crippen LogP contribution in [0.2, 0.25) is 0 Å². The smallest absolute Gasteiger partial charge is 0.282 e. The average molecular weight is 429 g/mol. The van der Waals surface area contributed by atoms with Gasteiger partial charge in [0.15, 0.2) is 0 Å². The second-order valence-corrected chi connectivity index (χ2v) is 7.62. The second kappa shape index (κ2) is 7.27. The van der Waals surface area contributed by atoms with E-state index >= 15 is 0 Å². The molecule has 1 fully saturated rings. The predicted octanol–water partition coefficient (Wildman–Crippen LogP) is 4.36. The zero-order chi connectivity index (χ0) is 19.0. The Labute approximate surface area is 165 Å². The number of hydrogen-bond donors (Lipinski definition) is 0. The summed E-state index contributed by atoms with van der Waals surface area (Å²) in [6.45, 7) is 1.49. The number of carbonyl (C=O) groups is 2. The van der Waals surface area contributed by atoms with E-state index in [1.807, 2.05) is 4.90 Å². The third-order valence-corrected chi connectivity index (χ3v) is 5.48. The highest BCUT2D eigenvalue weighted by Gasteiger charge is 2.42. The first kappa shape index (κ1) is 17.9. The zero-order valence-corrected chi connectivity index (χ0v) is 16.2. The number of halogens is 2. The molecular weight excluding hydrogens is 411 g/mol. The largest absolute Gasteiger partial charge is 0.366 e. The minimum absolute atomic E-state index is 0.316. The van der Waals surface area contributed by atoms with Gasteiger partial charge in [0.25, 0.3) is 11.8 Å². The number of anilines is 1. The van der Waals surface area contributed by atoms with E-state index < -0.39 is 0 Å². The van der Waals surface area contributed by atoms with Crippen molar-refractivity contribution in [1.82, 2.24) is 4.90 Å². The topological polar surface area (TPSA) is 40.6 Å². The van der Waals surface area contributed by atoms with E-state index in [4.69, 9.17) is 0 Å². The third kappa shape index (κ3) is 3.30. The molecule has 6 heteroatoms. The van der Waals surface area contributed by atoms with Crippen molar-refractivity contribution in [3.63, 3.8) is 0 Å². The summed E-state index contributed by atoms with van der Waals surface area (Å²) in [5.74, 6) is -1.06. The summed E-state index contributed by atoms with van der Waals surface area (Å²) < 4.78 is 14.3. The van der Waals surface area contributed by atoms with E-state index in [0.717, 1.165) is 36.8 Å². The van der Waals surface area contributed by atoms with Crippen LogP contribution in [-0.2, 0) is 9.59 Å². The molecule has 2 aromatic carbocycles. The van der Waals surface area contributed by atoms with E-state index in [0.29, 0.717) is 22.5 Å². The van der Waals surface area contributed by atoms with E-state index in [1.165, 1.54) is 17.0 Å². The third-order valence-electron chi connectivity index (χ3n) is 4.95.